The van der Waals surface area contributed by atoms with Crippen LogP contribution in [-0.2, 0) is 45.2 Å². The van der Waals surface area contributed by atoms with Crippen molar-refractivity contribution in [2.75, 3.05) is 33.9 Å². The van der Waals surface area contributed by atoms with Gasteiger partial charge in [0.15, 0.2) is 17.8 Å². The van der Waals surface area contributed by atoms with Gasteiger partial charge in [0.25, 0.3) is 0 Å². The topological polar surface area (TPSA) is 110 Å². The highest BCUT2D eigenvalue weighted by molar-refractivity contribution is 5.90. The van der Waals surface area contributed by atoms with Gasteiger partial charge in [-0.2, -0.15) is 13.2 Å². The minimum absolute atomic E-state index is 0.00834. The summed E-state index contributed by atoms with van der Waals surface area (Å²) in [6, 6.07) is 26.3. The summed E-state index contributed by atoms with van der Waals surface area (Å²) in [5, 5.41) is 12.4. The Morgan fingerprint density at radius 3 is 2.26 bits per heavy atom. The predicted molar refractivity (Wildman–Crippen MR) is 206 cm³/mol. The van der Waals surface area contributed by atoms with E-state index in [1.165, 1.54) is 11.1 Å². The van der Waals surface area contributed by atoms with Crippen LogP contribution in [-0.4, -0.2) is 78.9 Å². The summed E-state index contributed by atoms with van der Waals surface area (Å²) in [4.78, 5) is 27.9. The van der Waals surface area contributed by atoms with Crippen molar-refractivity contribution < 1.29 is 46.8 Å². The lowest BCUT2D eigenvalue weighted by Crippen LogP contribution is -2.50. The Hall–Kier alpha value is -4.95. The van der Waals surface area contributed by atoms with E-state index in [-0.39, 0.29) is 44.2 Å². The van der Waals surface area contributed by atoms with Crippen LogP contribution in [0, 0.1) is 5.92 Å². The molecule has 0 bridgehead atoms. The number of likely N-dealkylation sites (tertiary alicyclic amines) is 1. The molecular formula is C44H48F3N3O7. The summed E-state index contributed by atoms with van der Waals surface area (Å²) in [7, 11) is 3.29. The first-order chi connectivity index (χ1) is 27.4. The molecule has 7 rings (SSSR count). The second-order valence-electron chi connectivity index (χ2n) is 15.0. The Morgan fingerprint density at radius 1 is 0.860 bits per heavy atom. The maximum absolute atomic E-state index is 13.1. The number of alkyl halides is 3. The van der Waals surface area contributed by atoms with Gasteiger partial charge in [-0.15, -0.1) is 0 Å². The SMILES string of the molecule is COc1cc2c(cc1OC)CN(C[C@H]1O[C@@H](c3cccc(-c4cccc(CNC(=O)[C@@H]5CCCN5C(=O)C(F)(F)F)c4)c3)O[C@@H](c3ccc(CO)cc3)[C@H]1C)CC2. The number of fused-ring (bicyclic) bond motifs is 1. The lowest BCUT2D eigenvalue weighted by atomic mass is 9.89. The Morgan fingerprint density at radius 2 is 1.56 bits per heavy atom. The van der Waals surface area contributed by atoms with E-state index in [1.807, 2.05) is 72.8 Å². The molecule has 0 aromatic heterocycles. The smallest absolute Gasteiger partial charge is 0.471 e. The maximum atomic E-state index is 13.1. The standard InChI is InChI=1S/C44H48F3N3O7/c1-27-39(25-49-18-16-33-21-37(54-2)38(55-3)22-35(33)24-49)56-42(57-40(27)30-14-12-28(26-51)13-15-30)34-10-5-9-32(20-34)31-8-4-7-29(19-31)23-48-41(52)36-11-6-17-50(36)43(53)44(45,46)47/h4-5,7-10,12-15,19-22,27,36,39-40,42,51H,6,11,16-18,23-26H2,1-3H3,(H,48,52)/t27-,36-,39+,40+,42+/m0/s1. The molecule has 0 spiro atoms. The molecule has 10 nitrogen and oxygen atoms in total. The molecule has 3 aliphatic rings. The maximum Gasteiger partial charge on any atom is 0.471 e. The number of nitrogens with one attached hydrogen (secondary N) is 1. The van der Waals surface area contributed by atoms with E-state index in [1.54, 1.807) is 14.2 Å². The molecule has 3 aliphatic heterocycles. The van der Waals surface area contributed by atoms with Gasteiger partial charge in [0, 0.05) is 44.2 Å². The summed E-state index contributed by atoms with van der Waals surface area (Å²) < 4.78 is 64.1. The van der Waals surface area contributed by atoms with E-state index < -0.39 is 30.3 Å². The number of benzene rings is 4. The van der Waals surface area contributed by atoms with Gasteiger partial charge in [0.05, 0.1) is 33.0 Å². The highest BCUT2D eigenvalue weighted by atomic mass is 19.4. The molecule has 0 radical (unpaired) electrons. The zero-order chi connectivity index (χ0) is 40.3. The molecule has 4 aromatic rings. The van der Waals surface area contributed by atoms with Crippen molar-refractivity contribution >= 4 is 11.8 Å². The van der Waals surface area contributed by atoms with Crippen molar-refractivity contribution in [3.8, 4) is 22.6 Å². The number of amides is 2. The van der Waals surface area contributed by atoms with Crippen molar-refractivity contribution in [2.24, 2.45) is 5.92 Å². The molecule has 2 N–H and O–H groups in total. The number of aliphatic hydroxyl groups is 1. The van der Waals surface area contributed by atoms with Crippen molar-refractivity contribution in [3.05, 3.63) is 118 Å². The summed E-state index contributed by atoms with van der Waals surface area (Å²) in [5.41, 5.74) is 7.59. The first-order valence-electron chi connectivity index (χ1n) is 19.3. The molecule has 302 valence electrons. The van der Waals surface area contributed by atoms with Crippen LogP contribution in [0.15, 0.2) is 84.9 Å². The minimum atomic E-state index is -5.03. The zero-order valence-electron chi connectivity index (χ0n) is 32.3. The van der Waals surface area contributed by atoms with E-state index in [9.17, 15) is 27.9 Å². The fourth-order valence-corrected chi connectivity index (χ4v) is 8.16. The first kappa shape index (κ1) is 40.3. The molecule has 3 heterocycles. The fourth-order valence-electron chi connectivity index (χ4n) is 8.16. The number of ether oxygens (including phenoxy) is 4. The zero-order valence-corrected chi connectivity index (χ0v) is 32.3. The molecule has 57 heavy (non-hydrogen) atoms. The van der Waals surface area contributed by atoms with Gasteiger partial charge in [-0.1, -0.05) is 67.6 Å². The van der Waals surface area contributed by atoms with E-state index in [0.717, 1.165) is 58.6 Å². The molecule has 2 amide bonds. The van der Waals surface area contributed by atoms with Crippen LogP contribution in [0.3, 0.4) is 0 Å². The number of methoxy groups -OCH3 is 2. The molecule has 5 atom stereocenters. The predicted octanol–water partition coefficient (Wildman–Crippen LogP) is 6.88. The molecule has 2 fully saturated rings. The van der Waals surface area contributed by atoms with E-state index in [4.69, 9.17) is 18.9 Å². The van der Waals surface area contributed by atoms with Gasteiger partial charge in [0.1, 0.15) is 6.04 Å². The molecule has 0 aliphatic carbocycles. The average molecular weight is 788 g/mol. The van der Waals surface area contributed by atoms with E-state index >= 15 is 0 Å². The fraction of sp³-hybridized carbons (Fsp3) is 0.409. The Balaban J connectivity index is 1.09. The summed E-state index contributed by atoms with van der Waals surface area (Å²) in [6.45, 7) is 4.35. The van der Waals surface area contributed by atoms with Gasteiger partial charge in [-0.3, -0.25) is 14.5 Å². The lowest BCUT2D eigenvalue weighted by Gasteiger charge is -2.43. The van der Waals surface area contributed by atoms with Crippen molar-refractivity contribution in [2.45, 2.75) is 76.6 Å². The third-order valence-electron chi connectivity index (χ3n) is 11.3. The van der Waals surface area contributed by atoms with E-state index in [2.05, 4.69) is 29.3 Å². The number of carbonyl (C=O) groups excluding carboxylic acids is 2. The van der Waals surface area contributed by atoms with Crippen LogP contribution < -0.4 is 14.8 Å². The molecule has 0 unspecified atom stereocenters. The molecule has 13 heteroatoms. The number of halogens is 3. The van der Waals surface area contributed by atoms with Crippen molar-refractivity contribution in [1.82, 2.24) is 15.1 Å². The molecule has 4 aromatic carbocycles. The van der Waals surface area contributed by atoms with Crippen LogP contribution in [0.2, 0.25) is 0 Å². The van der Waals surface area contributed by atoms with Gasteiger partial charge >= 0.3 is 12.1 Å². The average Bonchev–Trinajstić information content (AvgIpc) is 3.73. The number of hydrogen-bond donors (Lipinski definition) is 2. The number of hydrogen-bond acceptors (Lipinski definition) is 8. The largest absolute Gasteiger partial charge is 0.493 e. The summed E-state index contributed by atoms with van der Waals surface area (Å²) >= 11 is 0. The third kappa shape index (κ3) is 8.96. The Kier molecular flexibility index (Phi) is 12.2. The minimum Gasteiger partial charge on any atom is -0.493 e. The van der Waals surface area contributed by atoms with Gasteiger partial charge < -0.3 is 34.3 Å². The van der Waals surface area contributed by atoms with Crippen LogP contribution in [0.4, 0.5) is 13.2 Å². The summed E-state index contributed by atoms with van der Waals surface area (Å²) in [6.07, 6.45) is -4.83. The van der Waals surface area contributed by atoms with Crippen LogP contribution in [0.5, 0.6) is 11.5 Å². The van der Waals surface area contributed by atoms with Crippen molar-refractivity contribution in [1.29, 1.82) is 0 Å². The lowest BCUT2D eigenvalue weighted by molar-refractivity contribution is -0.276. The van der Waals surface area contributed by atoms with Crippen LogP contribution >= 0.6 is 0 Å². The highest BCUT2D eigenvalue weighted by Crippen LogP contribution is 2.43. The number of aliphatic hydroxyl groups excluding tert-OH is 1. The normalized spacial score (nSPS) is 22.5. The highest BCUT2D eigenvalue weighted by Gasteiger charge is 2.47. The Bertz CT molecular complexity index is 2060. The quantitative estimate of drug-likeness (QED) is 0.170. The van der Waals surface area contributed by atoms with Gasteiger partial charge in [-0.25, -0.2) is 0 Å². The van der Waals surface area contributed by atoms with Crippen molar-refractivity contribution in [3.63, 3.8) is 0 Å². The Labute approximate surface area is 330 Å². The molecular weight excluding hydrogens is 739 g/mol. The number of nitrogens with zero attached hydrogens (tertiary/aromatic N) is 2. The second-order valence-corrected chi connectivity index (χ2v) is 15.0. The monoisotopic (exact) mass is 787 g/mol. The first-order valence-corrected chi connectivity index (χ1v) is 19.3. The van der Waals surface area contributed by atoms with Crippen LogP contribution in [0.1, 0.15) is 65.5 Å². The molecule has 2 saturated heterocycles. The second kappa shape index (κ2) is 17.3. The number of rotatable bonds is 11. The van der Waals surface area contributed by atoms with Crippen LogP contribution in [0.25, 0.3) is 11.1 Å². The third-order valence-corrected chi connectivity index (χ3v) is 11.3. The molecule has 0 saturated carbocycles. The van der Waals surface area contributed by atoms with Gasteiger partial charge in [-0.05, 0) is 82.5 Å². The van der Waals surface area contributed by atoms with E-state index in [0.29, 0.717) is 23.6 Å². The van der Waals surface area contributed by atoms with Gasteiger partial charge in [0.2, 0.25) is 5.91 Å². The summed E-state index contributed by atoms with van der Waals surface area (Å²) in [5.74, 6) is -1.18. The number of carbonyl (C=O) groups is 2.